The smallest absolute Gasteiger partial charge is 0.320 e. The molecular weight excluding hydrogens is 214 g/mol. The van der Waals surface area contributed by atoms with E-state index in [2.05, 4.69) is 43.4 Å². The molecular formula is C14H21NO2. The van der Waals surface area contributed by atoms with E-state index in [1.165, 1.54) is 5.56 Å². The zero-order valence-electron chi connectivity index (χ0n) is 10.7. The van der Waals surface area contributed by atoms with Gasteiger partial charge in [0.1, 0.15) is 6.04 Å². The van der Waals surface area contributed by atoms with E-state index in [-0.39, 0.29) is 0 Å². The molecule has 0 heterocycles. The number of hydrogen-bond donors (Lipinski definition) is 2. The minimum Gasteiger partial charge on any atom is -0.480 e. The maximum Gasteiger partial charge on any atom is 0.320 e. The molecule has 0 aliphatic carbocycles. The van der Waals surface area contributed by atoms with Crippen molar-refractivity contribution in [3.05, 3.63) is 35.4 Å². The summed E-state index contributed by atoms with van der Waals surface area (Å²) in [6.07, 6.45) is 1.08. The Morgan fingerprint density at radius 1 is 1.18 bits per heavy atom. The maximum atomic E-state index is 10.6. The van der Waals surface area contributed by atoms with E-state index in [4.69, 9.17) is 5.11 Å². The van der Waals surface area contributed by atoms with Crippen LogP contribution in [-0.2, 0) is 17.8 Å². The van der Waals surface area contributed by atoms with Crippen LogP contribution in [0.15, 0.2) is 24.3 Å². The second kappa shape index (κ2) is 6.40. The molecule has 2 N–H and O–H groups in total. The van der Waals surface area contributed by atoms with E-state index in [1.54, 1.807) is 6.92 Å². The molecule has 1 rings (SSSR count). The molecule has 1 aromatic carbocycles. The van der Waals surface area contributed by atoms with Gasteiger partial charge >= 0.3 is 5.97 Å². The molecule has 0 saturated heterocycles. The molecule has 1 unspecified atom stereocenters. The van der Waals surface area contributed by atoms with Crippen molar-refractivity contribution in [1.29, 1.82) is 0 Å². The van der Waals surface area contributed by atoms with E-state index in [1.807, 2.05) is 0 Å². The van der Waals surface area contributed by atoms with Gasteiger partial charge in [-0.2, -0.15) is 0 Å². The molecule has 0 saturated carbocycles. The van der Waals surface area contributed by atoms with Crippen molar-refractivity contribution in [1.82, 2.24) is 5.32 Å². The lowest BCUT2D eigenvalue weighted by molar-refractivity contribution is -0.139. The zero-order valence-corrected chi connectivity index (χ0v) is 10.7. The number of hydrogen-bond acceptors (Lipinski definition) is 2. The molecule has 0 bridgehead atoms. The Morgan fingerprint density at radius 2 is 1.71 bits per heavy atom. The third-order valence-electron chi connectivity index (χ3n) is 2.65. The average Bonchev–Trinajstić information content (AvgIpc) is 2.26. The van der Waals surface area contributed by atoms with Gasteiger partial charge in [-0.1, -0.05) is 38.1 Å². The highest BCUT2D eigenvalue weighted by Crippen LogP contribution is 2.09. The molecule has 0 aliphatic heterocycles. The van der Waals surface area contributed by atoms with Crippen LogP contribution in [0.4, 0.5) is 0 Å². The average molecular weight is 235 g/mol. The van der Waals surface area contributed by atoms with Crippen LogP contribution in [0, 0.1) is 5.92 Å². The van der Waals surface area contributed by atoms with E-state index < -0.39 is 12.0 Å². The first-order valence-electron chi connectivity index (χ1n) is 6.03. The molecule has 0 amide bonds. The van der Waals surface area contributed by atoms with Crippen molar-refractivity contribution in [2.24, 2.45) is 5.92 Å². The number of carboxylic acids is 1. The Morgan fingerprint density at radius 3 is 2.18 bits per heavy atom. The summed E-state index contributed by atoms with van der Waals surface area (Å²) in [5, 5.41) is 11.7. The largest absolute Gasteiger partial charge is 0.480 e. The van der Waals surface area contributed by atoms with Crippen LogP contribution in [0.25, 0.3) is 0 Å². The van der Waals surface area contributed by atoms with Crippen molar-refractivity contribution >= 4 is 5.97 Å². The lowest BCUT2D eigenvalue weighted by Crippen LogP contribution is -2.33. The summed E-state index contributed by atoms with van der Waals surface area (Å²) in [6.45, 7) is 6.64. The number of aliphatic carboxylic acids is 1. The van der Waals surface area contributed by atoms with Gasteiger partial charge < -0.3 is 10.4 Å². The van der Waals surface area contributed by atoms with Gasteiger partial charge in [0.2, 0.25) is 0 Å². The van der Waals surface area contributed by atoms with E-state index >= 15 is 0 Å². The lowest BCUT2D eigenvalue weighted by Gasteiger charge is -2.10. The van der Waals surface area contributed by atoms with E-state index in [9.17, 15) is 4.79 Å². The Bertz CT molecular complexity index is 357. The predicted molar refractivity (Wildman–Crippen MR) is 68.9 cm³/mol. The molecule has 0 aromatic heterocycles. The molecule has 0 fully saturated rings. The summed E-state index contributed by atoms with van der Waals surface area (Å²) in [4.78, 5) is 10.6. The molecule has 17 heavy (non-hydrogen) atoms. The fraction of sp³-hybridized carbons (Fsp3) is 0.500. The molecule has 0 spiro atoms. The first-order valence-corrected chi connectivity index (χ1v) is 6.03. The molecule has 0 radical (unpaired) electrons. The van der Waals surface area contributed by atoms with Crippen LogP contribution in [0.1, 0.15) is 31.9 Å². The second-order valence-corrected chi connectivity index (χ2v) is 4.86. The fourth-order valence-corrected chi connectivity index (χ4v) is 1.62. The quantitative estimate of drug-likeness (QED) is 0.796. The van der Waals surface area contributed by atoms with Crippen LogP contribution in [0.2, 0.25) is 0 Å². The monoisotopic (exact) mass is 235 g/mol. The second-order valence-electron chi connectivity index (χ2n) is 4.86. The van der Waals surface area contributed by atoms with Crippen LogP contribution < -0.4 is 5.32 Å². The highest BCUT2D eigenvalue weighted by Gasteiger charge is 2.08. The minimum atomic E-state index is -0.818. The summed E-state index contributed by atoms with van der Waals surface area (Å²) in [6, 6.07) is 7.83. The van der Waals surface area contributed by atoms with E-state index in [0.717, 1.165) is 12.0 Å². The fourth-order valence-electron chi connectivity index (χ4n) is 1.62. The van der Waals surface area contributed by atoms with Gasteiger partial charge in [-0.3, -0.25) is 4.79 Å². The van der Waals surface area contributed by atoms with Crippen molar-refractivity contribution in [2.75, 3.05) is 0 Å². The molecule has 3 heteroatoms. The van der Waals surface area contributed by atoms with Gasteiger partial charge in [-0.15, -0.1) is 0 Å². The number of nitrogens with one attached hydrogen (secondary N) is 1. The summed E-state index contributed by atoms with van der Waals surface area (Å²) in [7, 11) is 0. The lowest BCUT2D eigenvalue weighted by atomic mass is 10.0. The Hall–Kier alpha value is -1.35. The van der Waals surface area contributed by atoms with Crippen molar-refractivity contribution in [3.8, 4) is 0 Å². The van der Waals surface area contributed by atoms with Crippen LogP contribution in [0.5, 0.6) is 0 Å². The van der Waals surface area contributed by atoms with Crippen molar-refractivity contribution in [2.45, 2.75) is 39.8 Å². The molecule has 3 nitrogen and oxygen atoms in total. The highest BCUT2D eigenvalue weighted by molar-refractivity contribution is 5.72. The third-order valence-corrected chi connectivity index (χ3v) is 2.65. The minimum absolute atomic E-state index is 0.509. The summed E-state index contributed by atoms with van der Waals surface area (Å²) < 4.78 is 0. The van der Waals surface area contributed by atoms with Gasteiger partial charge in [0.05, 0.1) is 0 Å². The number of rotatable bonds is 6. The van der Waals surface area contributed by atoms with E-state index in [0.29, 0.717) is 12.5 Å². The van der Waals surface area contributed by atoms with Crippen LogP contribution in [0.3, 0.4) is 0 Å². The summed E-state index contributed by atoms with van der Waals surface area (Å²) in [5.74, 6) is -0.160. The van der Waals surface area contributed by atoms with Crippen LogP contribution in [-0.4, -0.2) is 17.1 Å². The first kappa shape index (κ1) is 13.7. The standard InChI is InChI=1S/C14H21NO2/c1-10(2)8-12-4-6-13(7-5-12)9-15-11(3)14(16)17/h4-7,10-11,15H,8-9H2,1-3H3,(H,16,17). The summed E-state index contributed by atoms with van der Waals surface area (Å²) >= 11 is 0. The normalized spacial score (nSPS) is 12.7. The topological polar surface area (TPSA) is 49.3 Å². The molecule has 0 aliphatic rings. The predicted octanol–water partition coefficient (Wildman–Crippen LogP) is 2.45. The number of carbonyl (C=O) groups is 1. The first-order chi connectivity index (χ1) is 7.99. The van der Waals surface area contributed by atoms with Gasteiger partial charge in [0.25, 0.3) is 0 Å². The van der Waals surface area contributed by atoms with Gasteiger partial charge in [0, 0.05) is 6.54 Å². The Labute approximate surface area is 103 Å². The number of benzene rings is 1. The third kappa shape index (κ3) is 5.00. The van der Waals surface area contributed by atoms with Gasteiger partial charge in [-0.25, -0.2) is 0 Å². The maximum absolute atomic E-state index is 10.6. The highest BCUT2D eigenvalue weighted by atomic mass is 16.4. The number of carboxylic acid groups (broad SMARTS) is 1. The molecule has 1 aromatic rings. The van der Waals surface area contributed by atoms with Gasteiger partial charge in [0.15, 0.2) is 0 Å². The van der Waals surface area contributed by atoms with Crippen LogP contribution >= 0.6 is 0 Å². The van der Waals surface area contributed by atoms with Crippen molar-refractivity contribution < 1.29 is 9.90 Å². The SMILES string of the molecule is CC(C)Cc1ccc(CNC(C)C(=O)O)cc1. The Balaban J connectivity index is 2.48. The van der Waals surface area contributed by atoms with Crippen molar-refractivity contribution in [3.63, 3.8) is 0 Å². The molecule has 1 atom stereocenters. The summed E-state index contributed by atoms with van der Waals surface area (Å²) in [5.41, 5.74) is 2.45. The van der Waals surface area contributed by atoms with Gasteiger partial charge in [-0.05, 0) is 30.4 Å². The molecule has 94 valence electrons. The zero-order chi connectivity index (χ0) is 12.8. The Kier molecular flexibility index (Phi) is 5.16.